The van der Waals surface area contributed by atoms with Gasteiger partial charge in [-0.2, -0.15) is 0 Å². The molecular weight excluding hydrogens is 385 g/mol. The van der Waals surface area contributed by atoms with Gasteiger partial charge in [0.2, 0.25) is 0 Å². The Morgan fingerprint density at radius 3 is 2.04 bits per heavy atom. The van der Waals surface area contributed by atoms with Gasteiger partial charge in [0.15, 0.2) is 11.5 Å². The maximum atomic E-state index is 13.0. The zero-order valence-corrected chi connectivity index (χ0v) is 16.0. The Morgan fingerprint density at radius 2 is 1.43 bits per heavy atom. The van der Waals surface area contributed by atoms with Crippen LogP contribution < -0.4 is 18.9 Å². The van der Waals surface area contributed by atoms with E-state index in [4.69, 9.17) is 14.2 Å². The molecule has 0 aliphatic carbocycles. The largest absolute Gasteiger partial charge is 0.497 e. The van der Waals surface area contributed by atoms with E-state index in [2.05, 4.69) is 4.72 Å². The average Bonchev–Trinajstić information content (AvgIpc) is 2.69. The second-order valence-electron chi connectivity index (χ2n) is 5.70. The summed E-state index contributed by atoms with van der Waals surface area (Å²) in [4.78, 5) is -0.0534. The first kappa shape index (κ1) is 19.5. The van der Waals surface area contributed by atoms with Crippen molar-refractivity contribution in [2.75, 3.05) is 18.9 Å². The zero-order chi connectivity index (χ0) is 20.1. The predicted octanol–water partition coefficient (Wildman–Crippen LogP) is 4.44. The molecule has 3 aromatic carbocycles. The molecule has 0 aromatic heterocycles. The smallest absolute Gasteiger partial charge is 0.261 e. The Kier molecular flexibility index (Phi) is 5.70. The van der Waals surface area contributed by atoms with E-state index in [-0.39, 0.29) is 10.6 Å². The maximum absolute atomic E-state index is 13.0. The topological polar surface area (TPSA) is 73.9 Å². The van der Waals surface area contributed by atoms with Gasteiger partial charge in [0, 0.05) is 6.07 Å². The molecule has 1 N–H and O–H groups in total. The number of nitrogens with one attached hydrogen (secondary N) is 1. The minimum absolute atomic E-state index is 0.0534. The van der Waals surface area contributed by atoms with Crippen molar-refractivity contribution in [2.45, 2.75) is 4.90 Å². The molecule has 146 valence electrons. The van der Waals surface area contributed by atoms with Gasteiger partial charge in [-0.1, -0.05) is 0 Å². The summed E-state index contributed by atoms with van der Waals surface area (Å²) >= 11 is 0. The van der Waals surface area contributed by atoms with Crippen molar-refractivity contribution >= 4 is 15.7 Å². The molecule has 8 heteroatoms. The Bertz CT molecular complexity index is 1050. The van der Waals surface area contributed by atoms with Crippen LogP contribution in [0.15, 0.2) is 71.6 Å². The normalized spacial score (nSPS) is 11.0. The Balaban J connectivity index is 1.86. The zero-order valence-electron chi connectivity index (χ0n) is 15.2. The first-order chi connectivity index (χ1) is 13.4. The Morgan fingerprint density at radius 1 is 0.786 bits per heavy atom. The van der Waals surface area contributed by atoms with Crippen molar-refractivity contribution in [2.24, 2.45) is 0 Å². The summed E-state index contributed by atoms with van der Waals surface area (Å²) in [5.41, 5.74) is 0.272. The van der Waals surface area contributed by atoms with Crippen LogP contribution in [0.3, 0.4) is 0 Å². The second-order valence-corrected chi connectivity index (χ2v) is 7.39. The predicted molar refractivity (Wildman–Crippen MR) is 103 cm³/mol. The minimum atomic E-state index is -3.88. The fourth-order valence-corrected chi connectivity index (χ4v) is 3.47. The Labute approximate surface area is 162 Å². The quantitative estimate of drug-likeness (QED) is 0.632. The second kappa shape index (κ2) is 8.18. The van der Waals surface area contributed by atoms with E-state index < -0.39 is 15.8 Å². The maximum Gasteiger partial charge on any atom is 0.261 e. The summed E-state index contributed by atoms with van der Waals surface area (Å²) in [5.74, 6) is 1.45. The van der Waals surface area contributed by atoms with Crippen LogP contribution in [-0.4, -0.2) is 22.6 Å². The number of anilines is 1. The number of hydrogen-bond acceptors (Lipinski definition) is 5. The monoisotopic (exact) mass is 403 g/mol. The highest BCUT2D eigenvalue weighted by atomic mass is 32.2. The van der Waals surface area contributed by atoms with Crippen molar-refractivity contribution in [1.29, 1.82) is 0 Å². The summed E-state index contributed by atoms with van der Waals surface area (Å²) < 4.78 is 56.7. The van der Waals surface area contributed by atoms with Crippen molar-refractivity contribution in [3.05, 3.63) is 72.5 Å². The number of methoxy groups -OCH3 is 2. The van der Waals surface area contributed by atoms with E-state index in [0.717, 1.165) is 12.1 Å². The summed E-state index contributed by atoms with van der Waals surface area (Å²) in [6.07, 6.45) is 0. The first-order valence-electron chi connectivity index (χ1n) is 8.19. The summed E-state index contributed by atoms with van der Waals surface area (Å²) in [6, 6.07) is 16.1. The van der Waals surface area contributed by atoms with E-state index in [1.54, 1.807) is 43.5 Å². The van der Waals surface area contributed by atoms with Gasteiger partial charge in [-0.05, 0) is 60.7 Å². The molecule has 0 unspecified atom stereocenters. The van der Waals surface area contributed by atoms with Gasteiger partial charge in [-0.15, -0.1) is 0 Å². The number of ether oxygens (including phenoxy) is 3. The van der Waals surface area contributed by atoms with Crippen LogP contribution in [-0.2, 0) is 10.0 Å². The van der Waals surface area contributed by atoms with E-state index >= 15 is 0 Å². The van der Waals surface area contributed by atoms with E-state index in [9.17, 15) is 12.8 Å². The molecule has 0 fully saturated rings. The third kappa shape index (κ3) is 4.52. The molecule has 0 heterocycles. The van der Waals surface area contributed by atoms with Crippen molar-refractivity contribution < 1.29 is 27.0 Å². The minimum Gasteiger partial charge on any atom is -0.497 e. The Hall–Kier alpha value is -3.26. The molecule has 0 bridgehead atoms. The summed E-state index contributed by atoms with van der Waals surface area (Å²) in [6.45, 7) is 0. The highest BCUT2D eigenvalue weighted by Gasteiger charge is 2.16. The number of hydrogen-bond donors (Lipinski definition) is 1. The summed E-state index contributed by atoms with van der Waals surface area (Å²) in [7, 11) is -0.828. The van der Waals surface area contributed by atoms with Gasteiger partial charge in [-0.3, -0.25) is 4.72 Å². The third-order valence-corrected chi connectivity index (χ3v) is 5.22. The molecule has 3 rings (SSSR count). The number of benzene rings is 3. The lowest BCUT2D eigenvalue weighted by Gasteiger charge is -2.14. The number of sulfonamides is 1. The van der Waals surface area contributed by atoms with Gasteiger partial charge in [0.05, 0.1) is 24.8 Å². The molecular formula is C20H18FNO5S. The third-order valence-electron chi connectivity index (χ3n) is 3.83. The SMILES string of the molecule is COc1ccc(Oc2cc(NS(=O)(=O)c3ccc(F)cc3)ccc2OC)cc1. The van der Waals surface area contributed by atoms with Crippen LogP contribution in [0.4, 0.5) is 10.1 Å². The fourth-order valence-electron chi connectivity index (χ4n) is 2.42. The number of halogens is 1. The average molecular weight is 403 g/mol. The summed E-state index contributed by atoms with van der Waals surface area (Å²) in [5, 5.41) is 0. The highest BCUT2D eigenvalue weighted by Crippen LogP contribution is 2.35. The van der Waals surface area contributed by atoms with Crippen LogP contribution in [0.25, 0.3) is 0 Å². The van der Waals surface area contributed by atoms with Crippen LogP contribution >= 0.6 is 0 Å². The molecule has 0 saturated carbocycles. The molecule has 0 atom stereocenters. The standard InChI is InChI=1S/C20H18FNO5S/c1-25-16-6-8-17(9-7-16)27-20-13-15(5-12-19(20)26-2)22-28(23,24)18-10-3-14(21)4-11-18/h3-13,22H,1-2H3. The van der Waals surface area contributed by atoms with Crippen LogP contribution in [0.1, 0.15) is 0 Å². The van der Waals surface area contributed by atoms with Crippen LogP contribution in [0, 0.1) is 5.82 Å². The lowest BCUT2D eigenvalue weighted by atomic mass is 10.2. The lowest BCUT2D eigenvalue weighted by molar-refractivity contribution is 0.378. The van der Waals surface area contributed by atoms with Gasteiger partial charge in [0.1, 0.15) is 17.3 Å². The van der Waals surface area contributed by atoms with Gasteiger partial charge >= 0.3 is 0 Å². The van der Waals surface area contributed by atoms with Gasteiger partial charge in [-0.25, -0.2) is 12.8 Å². The molecule has 0 spiro atoms. The van der Waals surface area contributed by atoms with Crippen molar-refractivity contribution in [3.63, 3.8) is 0 Å². The lowest BCUT2D eigenvalue weighted by Crippen LogP contribution is -2.13. The molecule has 0 aliphatic rings. The molecule has 28 heavy (non-hydrogen) atoms. The number of rotatable bonds is 7. The molecule has 3 aromatic rings. The molecule has 0 aliphatic heterocycles. The van der Waals surface area contributed by atoms with Gasteiger partial charge < -0.3 is 14.2 Å². The highest BCUT2D eigenvalue weighted by molar-refractivity contribution is 7.92. The van der Waals surface area contributed by atoms with Crippen LogP contribution in [0.2, 0.25) is 0 Å². The van der Waals surface area contributed by atoms with Crippen molar-refractivity contribution in [1.82, 2.24) is 0 Å². The van der Waals surface area contributed by atoms with E-state index in [0.29, 0.717) is 23.0 Å². The van der Waals surface area contributed by atoms with Gasteiger partial charge in [0.25, 0.3) is 10.0 Å². The van der Waals surface area contributed by atoms with Crippen LogP contribution in [0.5, 0.6) is 23.0 Å². The fraction of sp³-hybridized carbons (Fsp3) is 0.100. The molecule has 0 saturated heterocycles. The molecule has 0 amide bonds. The molecule has 6 nitrogen and oxygen atoms in total. The molecule has 0 radical (unpaired) electrons. The van der Waals surface area contributed by atoms with E-state index in [1.807, 2.05) is 0 Å². The van der Waals surface area contributed by atoms with Crippen molar-refractivity contribution in [3.8, 4) is 23.0 Å². The van der Waals surface area contributed by atoms with E-state index in [1.165, 1.54) is 25.3 Å². The first-order valence-corrected chi connectivity index (χ1v) is 9.68.